The lowest BCUT2D eigenvalue weighted by molar-refractivity contribution is -0.806. The van der Waals surface area contributed by atoms with Crippen LogP contribution in [0.15, 0.2) is 51.4 Å². The molecule has 164 valence electrons. The van der Waals surface area contributed by atoms with Crippen LogP contribution in [-0.4, -0.2) is 31.3 Å². The highest BCUT2D eigenvalue weighted by molar-refractivity contribution is 6.00. The van der Waals surface area contributed by atoms with Crippen molar-refractivity contribution < 1.29 is 33.3 Å². The number of hydrogen-bond donors (Lipinski definition) is 1. The summed E-state index contributed by atoms with van der Waals surface area (Å²) >= 11 is 0. The average Bonchev–Trinajstić information content (AvgIpc) is 3.08. The Kier molecular flexibility index (Phi) is 6.28. The molecule has 0 saturated heterocycles. The van der Waals surface area contributed by atoms with Crippen molar-refractivity contribution in [2.45, 2.75) is 33.3 Å². The summed E-state index contributed by atoms with van der Waals surface area (Å²) in [5.41, 5.74) is 2.79. The van der Waals surface area contributed by atoms with Crippen LogP contribution in [0.1, 0.15) is 36.7 Å². The summed E-state index contributed by atoms with van der Waals surface area (Å²) in [7, 11) is 2.55. The molecular formula is C21H23N3O7. The first kappa shape index (κ1) is 21.9. The molecule has 0 unspecified atom stereocenters. The first-order valence-corrected chi connectivity index (χ1v) is 9.42. The lowest BCUT2D eigenvalue weighted by Gasteiger charge is -2.30. The number of esters is 2. The molecule has 31 heavy (non-hydrogen) atoms. The molecule has 1 N–H and O–H groups in total. The van der Waals surface area contributed by atoms with E-state index in [4.69, 9.17) is 14.2 Å². The third-order valence-corrected chi connectivity index (χ3v) is 5.08. The summed E-state index contributed by atoms with van der Waals surface area (Å²) in [5.74, 6) is -1.56. The molecule has 0 saturated carbocycles. The first-order chi connectivity index (χ1) is 14.8. The summed E-state index contributed by atoms with van der Waals surface area (Å²) in [6, 6.07) is 6.98. The largest absolute Gasteiger partial charge is 0.484 e. The Bertz CT molecular complexity index is 1050. The number of allylic oxidation sites excluding steroid dienone is 2. The minimum atomic E-state index is -0.791. The van der Waals surface area contributed by atoms with Crippen LogP contribution < -0.4 is 15.0 Å². The molecule has 0 atom stereocenters. The van der Waals surface area contributed by atoms with E-state index in [9.17, 15) is 14.8 Å². The number of nitrogens with zero attached hydrogens (tertiary/aromatic N) is 2. The van der Waals surface area contributed by atoms with Crippen LogP contribution in [0.5, 0.6) is 5.75 Å². The third-order valence-electron chi connectivity index (χ3n) is 5.08. The van der Waals surface area contributed by atoms with Gasteiger partial charge in [-0.1, -0.05) is 18.2 Å². The second-order valence-corrected chi connectivity index (χ2v) is 6.91. The number of carbonyl (C=O) groups is 2. The van der Waals surface area contributed by atoms with E-state index in [2.05, 4.69) is 15.1 Å². The minimum Gasteiger partial charge on any atom is -0.484 e. The first-order valence-electron chi connectivity index (χ1n) is 9.42. The van der Waals surface area contributed by atoms with Gasteiger partial charge in [0.2, 0.25) is 0 Å². The Morgan fingerprint density at radius 2 is 1.68 bits per heavy atom. The maximum absolute atomic E-state index is 12.7. The molecule has 10 heteroatoms. The van der Waals surface area contributed by atoms with Gasteiger partial charge in [-0.05, 0) is 24.8 Å². The molecule has 1 aliphatic heterocycles. The van der Waals surface area contributed by atoms with Crippen LogP contribution in [0.3, 0.4) is 0 Å². The fourth-order valence-corrected chi connectivity index (χ4v) is 3.51. The van der Waals surface area contributed by atoms with Crippen molar-refractivity contribution in [1.82, 2.24) is 10.5 Å². The SMILES string of the molecule is COC(=O)C1=C(C)NC(C)=C(C(=O)OC)C1c1ccccc1OCc1no[n+]([O-])c1C. The van der Waals surface area contributed by atoms with Gasteiger partial charge >= 0.3 is 11.9 Å². The van der Waals surface area contributed by atoms with E-state index in [1.165, 1.54) is 14.2 Å². The Hall–Kier alpha value is -3.82. The maximum Gasteiger partial charge on any atom is 0.336 e. The number of nitrogens with one attached hydrogen (secondary N) is 1. The molecule has 0 fully saturated rings. The number of dihydropyridines is 1. The van der Waals surface area contributed by atoms with E-state index < -0.39 is 17.9 Å². The molecule has 0 aliphatic carbocycles. The van der Waals surface area contributed by atoms with Crippen LogP contribution >= 0.6 is 0 Å². The lowest BCUT2D eigenvalue weighted by atomic mass is 9.80. The molecule has 1 aliphatic rings. The number of aromatic nitrogens is 2. The van der Waals surface area contributed by atoms with E-state index in [1.54, 1.807) is 45.0 Å². The highest BCUT2D eigenvalue weighted by Gasteiger charge is 2.39. The van der Waals surface area contributed by atoms with Crippen molar-refractivity contribution in [2.75, 3.05) is 14.2 Å². The average molecular weight is 429 g/mol. The molecule has 2 aromatic rings. The van der Waals surface area contributed by atoms with Crippen molar-refractivity contribution in [2.24, 2.45) is 0 Å². The number of rotatable bonds is 6. The van der Waals surface area contributed by atoms with E-state index in [1.807, 2.05) is 0 Å². The van der Waals surface area contributed by atoms with Gasteiger partial charge in [0.05, 0.1) is 31.3 Å². The smallest absolute Gasteiger partial charge is 0.336 e. The fraction of sp³-hybridized carbons (Fsp3) is 0.333. The molecule has 0 bridgehead atoms. The van der Waals surface area contributed by atoms with Gasteiger partial charge in [-0.2, -0.15) is 0 Å². The predicted molar refractivity (Wildman–Crippen MR) is 106 cm³/mol. The van der Waals surface area contributed by atoms with Gasteiger partial charge in [0, 0.05) is 29.0 Å². The van der Waals surface area contributed by atoms with Gasteiger partial charge in [0.25, 0.3) is 5.69 Å². The summed E-state index contributed by atoms with van der Waals surface area (Å²) < 4.78 is 20.5. The van der Waals surface area contributed by atoms with Gasteiger partial charge in [-0.25, -0.2) is 9.59 Å². The Balaban J connectivity index is 2.10. The van der Waals surface area contributed by atoms with Crippen molar-refractivity contribution in [3.8, 4) is 5.75 Å². The monoisotopic (exact) mass is 429 g/mol. The summed E-state index contributed by atoms with van der Waals surface area (Å²) in [6.45, 7) is 4.97. The number of benzene rings is 1. The van der Waals surface area contributed by atoms with E-state index >= 15 is 0 Å². The summed E-state index contributed by atoms with van der Waals surface area (Å²) in [6.07, 6.45) is 0. The summed E-state index contributed by atoms with van der Waals surface area (Å²) in [5, 5.41) is 18.2. The Labute approximate surface area is 178 Å². The zero-order chi connectivity index (χ0) is 22.7. The van der Waals surface area contributed by atoms with Gasteiger partial charge in [0.15, 0.2) is 12.3 Å². The molecule has 0 amide bonds. The van der Waals surface area contributed by atoms with Crippen LogP contribution in [0.25, 0.3) is 0 Å². The second-order valence-electron chi connectivity index (χ2n) is 6.91. The summed E-state index contributed by atoms with van der Waals surface area (Å²) in [4.78, 5) is 25.6. The van der Waals surface area contributed by atoms with Gasteiger partial charge in [0.1, 0.15) is 5.75 Å². The van der Waals surface area contributed by atoms with Gasteiger partial charge in [-0.3, -0.25) is 4.63 Å². The second kappa shape index (κ2) is 8.90. The number of para-hydroxylation sites is 1. The molecule has 0 spiro atoms. The quantitative estimate of drug-likeness (QED) is 0.540. The van der Waals surface area contributed by atoms with Crippen molar-refractivity contribution >= 4 is 11.9 Å². The van der Waals surface area contributed by atoms with E-state index in [0.29, 0.717) is 33.3 Å². The molecular weight excluding hydrogens is 406 g/mol. The lowest BCUT2D eigenvalue weighted by Crippen LogP contribution is -2.32. The Morgan fingerprint density at radius 3 is 2.19 bits per heavy atom. The van der Waals surface area contributed by atoms with Gasteiger partial charge in [-0.15, -0.1) is 0 Å². The highest BCUT2D eigenvalue weighted by Crippen LogP contribution is 2.42. The number of ether oxygens (including phenoxy) is 3. The molecule has 3 rings (SSSR count). The van der Waals surface area contributed by atoms with Crippen molar-refractivity contribution in [1.29, 1.82) is 0 Å². The predicted octanol–water partition coefficient (Wildman–Crippen LogP) is 1.78. The van der Waals surface area contributed by atoms with Crippen LogP contribution in [0.4, 0.5) is 0 Å². The standard InChI is InChI=1S/C21H23N3O7/c1-11-17(20(25)28-4)19(18(12(2)22-11)21(26)29-5)14-8-6-7-9-16(14)30-10-15-13(3)24(27)31-23-15/h6-9,19,22H,10H2,1-5H3. The zero-order valence-corrected chi connectivity index (χ0v) is 17.8. The minimum absolute atomic E-state index is 0.0426. The van der Waals surface area contributed by atoms with Crippen molar-refractivity contribution in [3.63, 3.8) is 0 Å². The van der Waals surface area contributed by atoms with Crippen LogP contribution in [0.2, 0.25) is 0 Å². The molecule has 2 heterocycles. The number of hydrogen-bond acceptors (Lipinski definition) is 9. The number of methoxy groups -OCH3 is 2. The maximum atomic E-state index is 12.7. The normalized spacial score (nSPS) is 14.4. The fourth-order valence-electron chi connectivity index (χ4n) is 3.51. The van der Waals surface area contributed by atoms with Crippen LogP contribution in [0, 0.1) is 12.1 Å². The molecule has 0 radical (unpaired) electrons. The molecule has 1 aromatic carbocycles. The Morgan fingerprint density at radius 1 is 1.10 bits per heavy atom. The van der Waals surface area contributed by atoms with Crippen LogP contribution in [-0.2, 0) is 25.7 Å². The molecule has 10 nitrogen and oxygen atoms in total. The van der Waals surface area contributed by atoms with E-state index in [-0.39, 0.29) is 23.4 Å². The highest BCUT2D eigenvalue weighted by atomic mass is 16.8. The topological polar surface area (TPSA) is 127 Å². The molecule has 1 aromatic heterocycles. The van der Waals surface area contributed by atoms with Crippen molar-refractivity contribution in [3.05, 3.63) is 69.0 Å². The zero-order valence-electron chi connectivity index (χ0n) is 17.8. The van der Waals surface area contributed by atoms with Gasteiger partial charge < -0.3 is 24.7 Å². The number of carbonyl (C=O) groups excluding carboxylic acids is 2. The van der Waals surface area contributed by atoms with E-state index in [0.717, 1.165) is 0 Å². The third kappa shape index (κ3) is 4.09.